The molecule has 7 nitrogen and oxygen atoms in total. The van der Waals surface area contributed by atoms with E-state index in [2.05, 4.69) is 24.1 Å². The predicted octanol–water partition coefficient (Wildman–Crippen LogP) is 5.22. The zero-order valence-corrected chi connectivity index (χ0v) is 21.9. The number of carbonyl (C=O) groups is 3. The van der Waals surface area contributed by atoms with Gasteiger partial charge in [-0.3, -0.25) is 9.59 Å². The lowest BCUT2D eigenvalue weighted by atomic mass is 9.99. The molecule has 3 amide bonds. The average Bonchev–Trinajstić information content (AvgIpc) is 2.74. The Balaban J connectivity index is 3.34. The summed E-state index contributed by atoms with van der Waals surface area (Å²) in [5.74, 6) is -0.581. The number of nitrogens with one attached hydrogen (secondary N) is 2. The molecule has 0 aliphatic rings. The van der Waals surface area contributed by atoms with E-state index in [1.807, 2.05) is 38.1 Å². The van der Waals surface area contributed by atoms with E-state index in [0.717, 1.165) is 31.2 Å². The fraction of sp³-hybridized carbons (Fsp3) is 0.593. The van der Waals surface area contributed by atoms with Crippen molar-refractivity contribution in [2.45, 2.75) is 97.9 Å². The van der Waals surface area contributed by atoms with Crippen molar-refractivity contribution in [2.24, 2.45) is 0 Å². The highest BCUT2D eigenvalue weighted by Gasteiger charge is 2.34. The van der Waals surface area contributed by atoms with Gasteiger partial charge in [0.1, 0.15) is 17.7 Å². The van der Waals surface area contributed by atoms with Gasteiger partial charge in [-0.1, -0.05) is 57.5 Å². The fourth-order valence-corrected chi connectivity index (χ4v) is 3.65. The number of carbonyl (C=O) groups excluding carboxylic acids is 3. The third-order valence-electron chi connectivity index (χ3n) is 5.27. The van der Waals surface area contributed by atoms with Crippen LogP contribution in [0.25, 0.3) is 6.08 Å². The number of nitrogens with zero attached hydrogens (tertiary/aromatic N) is 1. The highest BCUT2D eigenvalue weighted by atomic mass is 16.6. The van der Waals surface area contributed by atoms with Crippen molar-refractivity contribution in [1.29, 1.82) is 0 Å². The van der Waals surface area contributed by atoms with Crippen LogP contribution in [0.2, 0.25) is 0 Å². The van der Waals surface area contributed by atoms with Crippen molar-refractivity contribution in [3.8, 4) is 0 Å². The smallest absolute Gasteiger partial charge is 0.408 e. The van der Waals surface area contributed by atoms with Gasteiger partial charge in [0.25, 0.3) is 0 Å². The van der Waals surface area contributed by atoms with Crippen LogP contribution in [-0.4, -0.2) is 47.0 Å². The Bertz CT molecular complexity index is 831. The summed E-state index contributed by atoms with van der Waals surface area (Å²) in [4.78, 5) is 41.0. The van der Waals surface area contributed by atoms with E-state index in [1.54, 1.807) is 38.7 Å². The van der Waals surface area contributed by atoms with E-state index in [-0.39, 0.29) is 17.9 Å². The Morgan fingerprint density at radius 1 is 1.12 bits per heavy atom. The minimum Gasteiger partial charge on any atom is -0.444 e. The first-order valence-corrected chi connectivity index (χ1v) is 12.3. The number of ether oxygens (including phenoxy) is 1. The maximum atomic E-state index is 13.6. The van der Waals surface area contributed by atoms with Gasteiger partial charge in [0.05, 0.1) is 0 Å². The van der Waals surface area contributed by atoms with E-state index in [4.69, 9.17) is 4.74 Å². The number of hydrogen-bond donors (Lipinski definition) is 2. The van der Waals surface area contributed by atoms with Gasteiger partial charge in [0, 0.05) is 12.6 Å². The maximum absolute atomic E-state index is 13.6. The van der Waals surface area contributed by atoms with E-state index < -0.39 is 23.8 Å². The third-order valence-corrected chi connectivity index (χ3v) is 5.27. The summed E-state index contributed by atoms with van der Waals surface area (Å²) >= 11 is 0. The molecule has 0 radical (unpaired) electrons. The topological polar surface area (TPSA) is 87.7 Å². The van der Waals surface area contributed by atoms with E-state index in [9.17, 15) is 14.4 Å². The van der Waals surface area contributed by atoms with Crippen molar-refractivity contribution in [1.82, 2.24) is 15.5 Å². The van der Waals surface area contributed by atoms with Crippen LogP contribution in [0.4, 0.5) is 4.79 Å². The van der Waals surface area contributed by atoms with Crippen LogP contribution in [0, 0.1) is 0 Å². The lowest BCUT2D eigenvalue weighted by molar-refractivity contribution is -0.142. The molecule has 34 heavy (non-hydrogen) atoms. The molecule has 3 atom stereocenters. The maximum Gasteiger partial charge on any atom is 0.408 e. The average molecular weight is 474 g/mol. The summed E-state index contributed by atoms with van der Waals surface area (Å²) in [7, 11) is 0. The second kappa shape index (κ2) is 13.8. The van der Waals surface area contributed by atoms with Gasteiger partial charge in [-0.25, -0.2) is 4.79 Å². The van der Waals surface area contributed by atoms with Crippen LogP contribution in [0.1, 0.15) is 91.3 Å². The van der Waals surface area contributed by atoms with E-state index in [1.165, 1.54) is 0 Å². The van der Waals surface area contributed by atoms with Crippen molar-refractivity contribution in [2.75, 3.05) is 6.54 Å². The third kappa shape index (κ3) is 9.57. The molecule has 0 aliphatic heterocycles. The summed E-state index contributed by atoms with van der Waals surface area (Å²) < 4.78 is 5.31. The summed E-state index contributed by atoms with van der Waals surface area (Å²) in [5.41, 5.74) is 0.879. The van der Waals surface area contributed by atoms with Crippen LogP contribution in [-0.2, 0) is 14.3 Å². The predicted molar refractivity (Wildman–Crippen MR) is 137 cm³/mol. The molecule has 0 bridgehead atoms. The molecule has 1 rings (SSSR count). The highest BCUT2D eigenvalue weighted by molar-refractivity contribution is 5.92. The molecule has 0 aliphatic carbocycles. The normalized spacial score (nSPS) is 13.9. The minimum absolute atomic E-state index is 0.0250. The molecule has 0 saturated heterocycles. The summed E-state index contributed by atoms with van der Waals surface area (Å²) in [5, 5.41) is 5.69. The molecule has 190 valence electrons. The number of alkyl carbamates (subject to hydrolysis) is 1. The Morgan fingerprint density at radius 2 is 1.79 bits per heavy atom. The van der Waals surface area contributed by atoms with Crippen LogP contribution in [0.5, 0.6) is 0 Å². The molecule has 0 spiro atoms. The molecule has 0 aromatic heterocycles. The Labute approximate surface area is 205 Å². The zero-order valence-electron chi connectivity index (χ0n) is 21.9. The molecule has 0 saturated carbocycles. The Hall–Kier alpha value is -2.83. The second-order valence-corrected chi connectivity index (χ2v) is 9.73. The summed E-state index contributed by atoms with van der Waals surface area (Å²) in [6.45, 7) is 17.2. The van der Waals surface area contributed by atoms with Crippen LogP contribution in [0.3, 0.4) is 0 Å². The van der Waals surface area contributed by atoms with Gasteiger partial charge >= 0.3 is 6.09 Å². The summed E-state index contributed by atoms with van der Waals surface area (Å²) in [6.07, 6.45) is 4.39. The lowest BCUT2D eigenvalue weighted by Gasteiger charge is -2.34. The van der Waals surface area contributed by atoms with Gasteiger partial charge in [-0.05, 0) is 64.7 Å². The van der Waals surface area contributed by atoms with E-state index in [0.29, 0.717) is 12.1 Å². The van der Waals surface area contributed by atoms with Gasteiger partial charge < -0.3 is 20.3 Å². The van der Waals surface area contributed by atoms with E-state index >= 15 is 0 Å². The Morgan fingerprint density at radius 3 is 2.35 bits per heavy atom. The molecular weight excluding hydrogens is 430 g/mol. The molecule has 3 unspecified atom stereocenters. The second-order valence-electron chi connectivity index (χ2n) is 9.73. The van der Waals surface area contributed by atoms with Gasteiger partial charge in [-0.2, -0.15) is 0 Å². The minimum atomic E-state index is -0.863. The highest BCUT2D eigenvalue weighted by Crippen LogP contribution is 2.25. The number of amides is 3. The zero-order chi connectivity index (χ0) is 25.9. The SMILES string of the molecule is C=Cc1cccc(C(C(=O)NC(C)CCC)N(CCCC)C(=O)C(C)NC(=O)OC(C)(C)C)c1. The molecule has 7 heteroatoms. The van der Waals surface area contributed by atoms with Gasteiger partial charge in [-0.15, -0.1) is 0 Å². The molecule has 1 aromatic carbocycles. The fourth-order valence-electron chi connectivity index (χ4n) is 3.65. The quantitative estimate of drug-likeness (QED) is 0.436. The number of benzene rings is 1. The largest absolute Gasteiger partial charge is 0.444 e. The molecule has 2 N–H and O–H groups in total. The van der Waals surface area contributed by atoms with Crippen molar-refractivity contribution in [3.63, 3.8) is 0 Å². The van der Waals surface area contributed by atoms with Crippen LogP contribution >= 0.6 is 0 Å². The number of unbranched alkanes of at least 4 members (excludes halogenated alkanes) is 1. The molecule has 0 fully saturated rings. The summed E-state index contributed by atoms with van der Waals surface area (Å²) in [6, 6.07) is 5.75. The van der Waals surface area contributed by atoms with Gasteiger partial charge in [0.15, 0.2) is 0 Å². The number of rotatable bonds is 12. The van der Waals surface area contributed by atoms with Crippen molar-refractivity contribution in [3.05, 3.63) is 42.0 Å². The first kappa shape index (κ1) is 29.2. The van der Waals surface area contributed by atoms with Gasteiger partial charge in [0.2, 0.25) is 11.8 Å². The first-order valence-electron chi connectivity index (χ1n) is 12.3. The monoisotopic (exact) mass is 473 g/mol. The molecule has 0 heterocycles. The first-order chi connectivity index (χ1) is 15.9. The molecule has 1 aromatic rings. The number of hydrogen-bond acceptors (Lipinski definition) is 4. The standard InChI is InChI=1S/C27H43N3O4/c1-9-12-17-30(25(32)20(5)29-26(33)34-27(6,7)8)23(24(31)28-19(4)14-10-2)22-16-13-15-21(11-3)18-22/h11,13,15-16,18-20,23H,3,9-10,12,14,17H2,1-2,4-8H3,(H,28,31)(H,29,33). The lowest BCUT2D eigenvalue weighted by Crippen LogP contribution is -2.52. The van der Waals surface area contributed by atoms with Crippen LogP contribution < -0.4 is 10.6 Å². The Kier molecular flexibility index (Phi) is 11.8. The van der Waals surface area contributed by atoms with Crippen molar-refractivity contribution >= 4 is 24.0 Å². The molecular formula is C27H43N3O4. The van der Waals surface area contributed by atoms with Crippen molar-refractivity contribution < 1.29 is 19.1 Å². The van der Waals surface area contributed by atoms with Crippen LogP contribution in [0.15, 0.2) is 30.8 Å².